The van der Waals surface area contributed by atoms with Gasteiger partial charge in [0.2, 0.25) is 5.91 Å². The number of aromatic nitrogens is 1. The van der Waals surface area contributed by atoms with Crippen LogP contribution in [0.5, 0.6) is 0 Å². The number of anilines is 1. The van der Waals surface area contributed by atoms with Gasteiger partial charge in [0.05, 0.1) is 5.69 Å². The summed E-state index contributed by atoms with van der Waals surface area (Å²) in [6.07, 6.45) is 0.817. The minimum absolute atomic E-state index is 0.156. The third-order valence-corrected chi connectivity index (χ3v) is 6.16. The second-order valence-electron chi connectivity index (χ2n) is 7.58. The lowest BCUT2D eigenvalue weighted by Crippen LogP contribution is -2.43. The highest BCUT2D eigenvalue weighted by Gasteiger charge is 2.35. The Labute approximate surface area is 195 Å². The van der Waals surface area contributed by atoms with Crippen LogP contribution in [0.25, 0.3) is 11.3 Å². The van der Waals surface area contributed by atoms with E-state index in [0.717, 1.165) is 17.5 Å². The molecule has 4 rings (SSSR count). The van der Waals surface area contributed by atoms with Crippen LogP contribution in [0.15, 0.2) is 60.0 Å². The molecule has 0 bridgehead atoms. The number of carbonyl (C=O) groups excluding carboxylic acids is 3. The minimum Gasteiger partial charge on any atom is -0.445 e. The van der Waals surface area contributed by atoms with Gasteiger partial charge < -0.3 is 15.4 Å². The molecular formula is C24H24N4O4S. The predicted molar refractivity (Wildman–Crippen MR) is 126 cm³/mol. The molecule has 2 aromatic carbocycles. The number of rotatable bonds is 6. The third kappa shape index (κ3) is 5.38. The number of ether oxygens (including phenoxy) is 1. The molecule has 3 aromatic rings. The number of nitrogens with zero attached hydrogens (tertiary/aromatic N) is 2. The van der Waals surface area contributed by atoms with Crippen molar-refractivity contribution >= 4 is 34.4 Å². The first-order valence-electron chi connectivity index (χ1n) is 10.6. The fraction of sp³-hybridized carbons (Fsp3) is 0.250. The van der Waals surface area contributed by atoms with E-state index in [1.807, 2.05) is 47.8 Å². The van der Waals surface area contributed by atoms with Gasteiger partial charge in [0.15, 0.2) is 5.13 Å². The van der Waals surface area contributed by atoms with Crippen molar-refractivity contribution < 1.29 is 19.1 Å². The van der Waals surface area contributed by atoms with Gasteiger partial charge in [0, 0.05) is 30.1 Å². The van der Waals surface area contributed by atoms with Crippen molar-refractivity contribution in [3.8, 4) is 11.3 Å². The van der Waals surface area contributed by atoms with Gasteiger partial charge in [-0.3, -0.25) is 14.5 Å². The topological polar surface area (TPSA) is 101 Å². The zero-order valence-electron chi connectivity index (χ0n) is 18.1. The Hall–Kier alpha value is -3.72. The minimum atomic E-state index is -0.590. The number of carbonyl (C=O) groups is 3. The average Bonchev–Trinajstić information content (AvgIpc) is 3.53. The number of thiazole rings is 1. The van der Waals surface area contributed by atoms with Gasteiger partial charge in [0.25, 0.3) is 5.91 Å². The summed E-state index contributed by atoms with van der Waals surface area (Å²) < 4.78 is 5.40. The normalized spacial score (nSPS) is 15.2. The maximum Gasteiger partial charge on any atom is 0.410 e. The Morgan fingerprint density at radius 2 is 1.88 bits per heavy atom. The molecule has 9 heteroatoms. The van der Waals surface area contributed by atoms with Crippen LogP contribution in [0.1, 0.15) is 28.8 Å². The van der Waals surface area contributed by atoms with Crippen molar-refractivity contribution in [2.24, 2.45) is 0 Å². The summed E-state index contributed by atoms with van der Waals surface area (Å²) in [6, 6.07) is 15.9. The molecule has 1 fully saturated rings. The molecule has 3 amide bonds. The van der Waals surface area contributed by atoms with Crippen LogP contribution in [0.3, 0.4) is 0 Å². The summed E-state index contributed by atoms with van der Waals surface area (Å²) in [5.74, 6) is -0.434. The molecule has 1 aromatic heterocycles. The van der Waals surface area contributed by atoms with Crippen molar-refractivity contribution in [2.45, 2.75) is 25.5 Å². The van der Waals surface area contributed by atoms with Crippen molar-refractivity contribution in [3.63, 3.8) is 0 Å². The van der Waals surface area contributed by atoms with Crippen molar-refractivity contribution in [2.75, 3.05) is 18.9 Å². The van der Waals surface area contributed by atoms with Gasteiger partial charge in [-0.2, -0.15) is 0 Å². The van der Waals surface area contributed by atoms with E-state index in [0.29, 0.717) is 29.4 Å². The highest BCUT2D eigenvalue weighted by Crippen LogP contribution is 2.27. The highest BCUT2D eigenvalue weighted by atomic mass is 32.1. The standard InChI is InChI=1S/C24H24N4O4S/c1-25-21(29)18-11-9-17(10-12-18)19-15-33-23(26-19)27-22(30)20-8-5-13-28(20)24(31)32-14-16-6-3-2-4-7-16/h2-4,6-7,9-12,15,20H,5,8,13-14H2,1H3,(H,25,29)(H,26,27,30)/t20-/m0/s1. The molecule has 2 heterocycles. The summed E-state index contributed by atoms with van der Waals surface area (Å²) >= 11 is 1.31. The molecule has 0 aliphatic carbocycles. The Kier molecular flexibility index (Phi) is 6.99. The fourth-order valence-electron chi connectivity index (χ4n) is 3.65. The van der Waals surface area contributed by atoms with E-state index in [1.54, 1.807) is 19.2 Å². The first kappa shape index (κ1) is 22.5. The van der Waals surface area contributed by atoms with Crippen LogP contribution in [0, 0.1) is 0 Å². The zero-order valence-corrected chi connectivity index (χ0v) is 18.9. The molecule has 1 saturated heterocycles. The fourth-order valence-corrected chi connectivity index (χ4v) is 4.37. The summed E-state index contributed by atoms with van der Waals surface area (Å²) in [4.78, 5) is 43.1. The molecule has 1 aliphatic heterocycles. The molecule has 170 valence electrons. The van der Waals surface area contributed by atoms with Gasteiger partial charge in [-0.15, -0.1) is 11.3 Å². The van der Waals surface area contributed by atoms with Gasteiger partial charge >= 0.3 is 6.09 Å². The summed E-state index contributed by atoms with van der Waals surface area (Å²) in [7, 11) is 1.58. The Balaban J connectivity index is 1.36. The van der Waals surface area contributed by atoms with Crippen LogP contribution in [-0.4, -0.2) is 47.4 Å². The Morgan fingerprint density at radius 3 is 2.61 bits per heavy atom. The number of likely N-dealkylation sites (tertiary alicyclic amines) is 1. The van der Waals surface area contributed by atoms with Crippen molar-refractivity contribution in [1.29, 1.82) is 0 Å². The smallest absolute Gasteiger partial charge is 0.410 e. The molecule has 0 spiro atoms. The quantitative estimate of drug-likeness (QED) is 0.576. The monoisotopic (exact) mass is 464 g/mol. The highest BCUT2D eigenvalue weighted by molar-refractivity contribution is 7.14. The van der Waals surface area contributed by atoms with E-state index in [2.05, 4.69) is 15.6 Å². The molecule has 8 nitrogen and oxygen atoms in total. The van der Waals surface area contributed by atoms with Crippen molar-refractivity contribution in [1.82, 2.24) is 15.2 Å². The van der Waals surface area contributed by atoms with Crippen LogP contribution in [0.4, 0.5) is 9.93 Å². The predicted octanol–water partition coefficient (Wildman–Crippen LogP) is 3.91. The SMILES string of the molecule is CNC(=O)c1ccc(-c2csc(NC(=O)[C@@H]3CCCN3C(=O)OCc3ccccc3)n2)cc1. The summed E-state index contributed by atoms with van der Waals surface area (Å²) in [6.45, 7) is 0.644. The molecule has 1 atom stereocenters. The third-order valence-electron chi connectivity index (χ3n) is 5.40. The number of benzene rings is 2. The lowest BCUT2D eigenvalue weighted by atomic mass is 10.1. The number of amides is 3. The molecule has 2 N–H and O–H groups in total. The molecule has 1 aliphatic rings. The second-order valence-corrected chi connectivity index (χ2v) is 8.43. The van der Waals surface area contributed by atoms with Gasteiger partial charge in [-0.25, -0.2) is 9.78 Å². The zero-order chi connectivity index (χ0) is 23.2. The van der Waals surface area contributed by atoms with Gasteiger partial charge in [0.1, 0.15) is 12.6 Å². The van der Waals surface area contributed by atoms with E-state index in [4.69, 9.17) is 4.74 Å². The van der Waals surface area contributed by atoms with E-state index in [-0.39, 0.29) is 18.4 Å². The van der Waals surface area contributed by atoms with E-state index < -0.39 is 12.1 Å². The maximum atomic E-state index is 12.9. The molecule has 0 radical (unpaired) electrons. The van der Waals surface area contributed by atoms with E-state index in [1.165, 1.54) is 16.2 Å². The maximum absolute atomic E-state index is 12.9. The number of hydrogen-bond acceptors (Lipinski definition) is 6. The molecular weight excluding hydrogens is 440 g/mol. The van der Waals surface area contributed by atoms with Crippen LogP contribution in [0.2, 0.25) is 0 Å². The molecule has 0 unspecified atom stereocenters. The average molecular weight is 465 g/mol. The Bertz CT molecular complexity index is 1130. The summed E-state index contributed by atoms with van der Waals surface area (Å²) in [5.41, 5.74) is 2.99. The van der Waals surface area contributed by atoms with Crippen LogP contribution in [-0.2, 0) is 16.1 Å². The number of hydrogen-bond donors (Lipinski definition) is 2. The first-order chi connectivity index (χ1) is 16.0. The van der Waals surface area contributed by atoms with Crippen LogP contribution < -0.4 is 10.6 Å². The molecule has 33 heavy (non-hydrogen) atoms. The lowest BCUT2D eigenvalue weighted by molar-refractivity contribution is -0.120. The van der Waals surface area contributed by atoms with E-state index >= 15 is 0 Å². The van der Waals surface area contributed by atoms with E-state index in [9.17, 15) is 14.4 Å². The van der Waals surface area contributed by atoms with Gasteiger partial charge in [-0.05, 0) is 30.5 Å². The first-order valence-corrected chi connectivity index (χ1v) is 11.5. The van der Waals surface area contributed by atoms with Gasteiger partial charge in [-0.1, -0.05) is 42.5 Å². The number of nitrogens with one attached hydrogen (secondary N) is 2. The molecule has 0 saturated carbocycles. The van der Waals surface area contributed by atoms with Crippen molar-refractivity contribution in [3.05, 3.63) is 71.1 Å². The van der Waals surface area contributed by atoms with Crippen LogP contribution >= 0.6 is 11.3 Å². The lowest BCUT2D eigenvalue weighted by Gasteiger charge is -2.22. The Morgan fingerprint density at radius 1 is 1.12 bits per heavy atom. The summed E-state index contributed by atoms with van der Waals surface area (Å²) in [5, 5.41) is 7.70. The second kappa shape index (κ2) is 10.3. The largest absolute Gasteiger partial charge is 0.445 e.